The van der Waals surface area contributed by atoms with Gasteiger partial charge in [0.15, 0.2) is 0 Å². The van der Waals surface area contributed by atoms with Crippen LogP contribution < -0.4 is 4.74 Å². The Morgan fingerprint density at radius 3 is 1.82 bits per heavy atom. The molecule has 4 heteroatoms. The van der Waals surface area contributed by atoms with E-state index in [9.17, 15) is 4.79 Å². The molecule has 0 amide bonds. The topological polar surface area (TPSA) is 46.5 Å². The summed E-state index contributed by atoms with van der Waals surface area (Å²) < 4.78 is 4.64. The second-order valence-electron chi connectivity index (χ2n) is 7.09. The van der Waals surface area contributed by atoms with Crippen molar-refractivity contribution in [1.82, 2.24) is 0 Å². The summed E-state index contributed by atoms with van der Waals surface area (Å²) in [4.78, 5) is 11.8. The summed E-state index contributed by atoms with van der Waals surface area (Å²) in [6.45, 7) is 2.27. The van der Waals surface area contributed by atoms with Gasteiger partial charge in [0.05, 0.1) is 0 Å². The van der Waals surface area contributed by atoms with Crippen molar-refractivity contribution in [2.45, 2.75) is 69.6 Å². The van der Waals surface area contributed by atoms with Crippen molar-refractivity contribution in [3.05, 3.63) is 48.5 Å². The van der Waals surface area contributed by atoms with Gasteiger partial charge < -0.3 is 9.84 Å². The number of carboxylic acid groups (broad SMARTS) is 1. The third kappa shape index (κ3) is 8.83. The number of hydrogen-bond donors (Lipinski definition) is 1. The number of rotatable bonds is 13. The maximum absolute atomic E-state index is 10.5. The van der Waals surface area contributed by atoms with Crippen LogP contribution in [0, 0.1) is 0 Å². The maximum atomic E-state index is 10.5. The molecule has 0 fully saturated rings. The average Bonchev–Trinajstić information content (AvgIpc) is 2.70. The monoisotopic (exact) mass is 400 g/mol. The first-order chi connectivity index (χ1) is 13.7. The third-order valence-electron chi connectivity index (χ3n) is 4.76. The highest BCUT2D eigenvalue weighted by Gasteiger charge is 2.03. The first kappa shape index (κ1) is 22.4. The van der Waals surface area contributed by atoms with Crippen LogP contribution in [0.25, 0.3) is 11.1 Å². The molecule has 0 radical (unpaired) electrons. The van der Waals surface area contributed by atoms with E-state index in [1.807, 2.05) is 23.9 Å². The van der Waals surface area contributed by atoms with Gasteiger partial charge in [0.2, 0.25) is 0 Å². The maximum Gasteiger partial charge on any atom is 0.511 e. The number of ether oxygens (including phenoxy) is 1. The average molecular weight is 401 g/mol. The van der Waals surface area contributed by atoms with Crippen LogP contribution in [0.4, 0.5) is 4.79 Å². The Balaban J connectivity index is 1.64. The molecule has 0 heterocycles. The molecule has 2 aromatic carbocycles. The summed E-state index contributed by atoms with van der Waals surface area (Å²) in [5, 5.41) is 8.63. The molecule has 0 unspecified atom stereocenters. The molecule has 3 nitrogen and oxygen atoms in total. The van der Waals surface area contributed by atoms with E-state index in [4.69, 9.17) is 5.11 Å². The van der Waals surface area contributed by atoms with E-state index in [-0.39, 0.29) is 0 Å². The fraction of sp³-hybridized carbons (Fsp3) is 0.458. The summed E-state index contributed by atoms with van der Waals surface area (Å²) in [6.07, 6.45) is 11.0. The van der Waals surface area contributed by atoms with Crippen molar-refractivity contribution >= 4 is 17.9 Å². The van der Waals surface area contributed by atoms with Gasteiger partial charge in [0.25, 0.3) is 0 Å². The zero-order chi connectivity index (χ0) is 20.0. The van der Waals surface area contributed by atoms with Gasteiger partial charge in [-0.05, 0) is 47.6 Å². The highest BCUT2D eigenvalue weighted by Crippen LogP contribution is 2.26. The zero-order valence-corrected chi connectivity index (χ0v) is 17.7. The second-order valence-corrected chi connectivity index (χ2v) is 8.26. The van der Waals surface area contributed by atoms with Gasteiger partial charge in [-0.2, -0.15) is 0 Å². The van der Waals surface area contributed by atoms with E-state index in [1.54, 1.807) is 12.1 Å². The smallest absolute Gasteiger partial charge is 0.449 e. The van der Waals surface area contributed by atoms with Crippen LogP contribution in [0.3, 0.4) is 0 Å². The normalized spacial score (nSPS) is 10.8. The molecule has 0 bridgehead atoms. The van der Waals surface area contributed by atoms with E-state index in [2.05, 4.69) is 35.9 Å². The van der Waals surface area contributed by atoms with Crippen LogP contribution in [0.1, 0.15) is 64.7 Å². The number of benzene rings is 2. The summed E-state index contributed by atoms with van der Waals surface area (Å²) in [5.74, 6) is 1.51. The first-order valence-electron chi connectivity index (χ1n) is 10.4. The Morgan fingerprint density at radius 1 is 0.786 bits per heavy atom. The van der Waals surface area contributed by atoms with Crippen LogP contribution >= 0.6 is 11.8 Å². The Labute approximate surface area is 173 Å². The molecule has 1 N–H and O–H groups in total. The molecule has 0 aliphatic carbocycles. The number of hydrogen-bond acceptors (Lipinski definition) is 3. The molecule has 28 heavy (non-hydrogen) atoms. The highest BCUT2D eigenvalue weighted by atomic mass is 32.2. The lowest BCUT2D eigenvalue weighted by Crippen LogP contribution is -2.02. The summed E-state index contributed by atoms with van der Waals surface area (Å²) in [6, 6.07) is 15.7. The first-order valence-corrected chi connectivity index (χ1v) is 11.4. The third-order valence-corrected chi connectivity index (χ3v) is 5.86. The number of carbonyl (C=O) groups is 1. The molecule has 0 saturated heterocycles. The van der Waals surface area contributed by atoms with Gasteiger partial charge in [0, 0.05) is 4.90 Å². The van der Waals surface area contributed by atoms with Crippen LogP contribution in [-0.4, -0.2) is 17.0 Å². The molecule has 2 rings (SSSR count). The molecule has 2 aromatic rings. The van der Waals surface area contributed by atoms with Crippen molar-refractivity contribution < 1.29 is 14.6 Å². The van der Waals surface area contributed by atoms with Gasteiger partial charge in [0.1, 0.15) is 5.75 Å². The van der Waals surface area contributed by atoms with Crippen molar-refractivity contribution in [1.29, 1.82) is 0 Å². The Kier molecular flexibility index (Phi) is 10.6. The standard InChI is InChI=1S/C24H32O3S/c1-2-3-4-5-6-7-8-9-10-19-28-23-17-13-21(14-18-23)20-11-15-22(16-12-20)27-24(25)26/h11-18H,2-10,19H2,1H3,(H,25,26). The van der Waals surface area contributed by atoms with Crippen molar-refractivity contribution in [3.8, 4) is 16.9 Å². The van der Waals surface area contributed by atoms with Gasteiger partial charge in [-0.3, -0.25) is 0 Å². The van der Waals surface area contributed by atoms with Crippen LogP contribution in [0.15, 0.2) is 53.4 Å². The van der Waals surface area contributed by atoms with Crippen molar-refractivity contribution in [2.75, 3.05) is 5.75 Å². The summed E-state index contributed by atoms with van der Waals surface area (Å²) in [7, 11) is 0. The quantitative estimate of drug-likeness (QED) is 0.160. The fourth-order valence-electron chi connectivity index (χ4n) is 3.16. The fourth-order valence-corrected chi connectivity index (χ4v) is 4.08. The molecular formula is C24H32O3S. The number of thioether (sulfide) groups is 1. The Hall–Kier alpha value is -1.94. The van der Waals surface area contributed by atoms with Crippen molar-refractivity contribution in [3.63, 3.8) is 0 Å². The Bertz CT molecular complexity index is 680. The van der Waals surface area contributed by atoms with E-state index in [1.165, 1.54) is 68.4 Å². The lowest BCUT2D eigenvalue weighted by molar-refractivity contribution is 0.144. The van der Waals surface area contributed by atoms with Crippen LogP contribution in [-0.2, 0) is 0 Å². The predicted molar refractivity (Wildman–Crippen MR) is 118 cm³/mol. The predicted octanol–water partition coefficient (Wildman–Crippen LogP) is 8.03. The van der Waals surface area contributed by atoms with E-state index >= 15 is 0 Å². The molecule has 152 valence electrons. The molecule has 0 atom stereocenters. The minimum absolute atomic E-state index is 0.337. The molecule has 0 aromatic heterocycles. The molecule has 0 spiro atoms. The van der Waals surface area contributed by atoms with Gasteiger partial charge >= 0.3 is 6.16 Å². The minimum Gasteiger partial charge on any atom is -0.449 e. The Morgan fingerprint density at radius 2 is 1.29 bits per heavy atom. The van der Waals surface area contributed by atoms with Gasteiger partial charge in [-0.15, -0.1) is 11.8 Å². The SMILES string of the molecule is CCCCCCCCCCCSc1ccc(-c2ccc(OC(=O)O)cc2)cc1. The highest BCUT2D eigenvalue weighted by molar-refractivity contribution is 7.99. The van der Waals surface area contributed by atoms with Crippen molar-refractivity contribution in [2.24, 2.45) is 0 Å². The lowest BCUT2D eigenvalue weighted by atomic mass is 10.1. The van der Waals surface area contributed by atoms with E-state index in [0.717, 1.165) is 11.1 Å². The van der Waals surface area contributed by atoms with Crippen LogP contribution in [0.5, 0.6) is 5.75 Å². The molecular weight excluding hydrogens is 368 g/mol. The number of unbranched alkanes of at least 4 members (excludes halogenated alkanes) is 8. The molecule has 0 aliphatic heterocycles. The summed E-state index contributed by atoms with van der Waals surface area (Å²) in [5.41, 5.74) is 2.17. The zero-order valence-electron chi connectivity index (χ0n) is 16.9. The second kappa shape index (κ2) is 13.3. The minimum atomic E-state index is -1.29. The van der Waals surface area contributed by atoms with E-state index in [0.29, 0.717) is 5.75 Å². The lowest BCUT2D eigenvalue weighted by Gasteiger charge is -2.06. The molecule has 0 saturated carbocycles. The van der Waals surface area contributed by atoms with Gasteiger partial charge in [-0.1, -0.05) is 82.6 Å². The van der Waals surface area contributed by atoms with Gasteiger partial charge in [-0.25, -0.2) is 4.79 Å². The van der Waals surface area contributed by atoms with E-state index < -0.39 is 6.16 Å². The molecule has 0 aliphatic rings. The van der Waals surface area contributed by atoms with Crippen LogP contribution in [0.2, 0.25) is 0 Å². The summed E-state index contributed by atoms with van der Waals surface area (Å²) >= 11 is 1.92. The largest absolute Gasteiger partial charge is 0.511 e.